The highest BCUT2D eigenvalue weighted by Crippen LogP contribution is 2.43. The highest BCUT2D eigenvalue weighted by Gasteiger charge is 2.38. The normalized spacial score (nSPS) is 16.6. The zero-order chi connectivity index (χ0) is 20.4. The molecular formula is C22H23N7O. The van der Waals surface area contributed by atoms with Gasteiger partial charge in [0.2, 0.25) is 0 Å². The Balaban J connectivity index is 1.18. The predicted molar refractivity (Wildman–Crippen MR) is 113 cm³/mol. The van der Waals surface area contributed by atoms with E-state index in [1.807, 2.05) is 6.07 Å². The highest BCUT2D eigenvalue weighted by atomic mass is 16.1. The maximum atomic E-state index is 12.3. The number of rotatable bonds is 5. The van der Waals surface area contributed by atoms with Crippen LogP contribution in [0, 0.1) is 0 Å². The molecule has 0 atom stereocenters. The van der Waals surface area contributed by atoms with Gasteiger partial charge in [0.1, 0.15) is 12.7 Å². The first-order valence-corrected chi connectivity index (χ1v) is 10.2. The first kappa shape index (κ1) is 18.5. The molecule has 1 aliphatic carbocycles. The third-order valence-electron chi connectivity index (χ3n) is 6.03. The van der Waals surface area contributed by atoms with Gasteiger partial charge in [0.25, 0.3) is 5.91 Å². The highest BCUT2D eigenvalue weighted by molar-refractivity contribution is 5.92. The van der Waals surface area contributed by atoms with Gasteiger partial charge in [0.15, 0.2) is 11.5 Å². The molecule has 1 fully saturated rings. The second kappa shape index (κ2) is 7.70. The number of hydrogen-bond donors (Lipinski definition) is 1. The summed E-state index contributed by atoms with van der Waals surface area (Å²) in [5.41, 5.74) is 3.24. The SMILES string of the molecule is O=C(NCCn1cncn1)c1ccc(N2CCC3(C=Cc4ccccc43)CC2)nn1. The van der Waals surface area contributed by atoms with Crippen LogP contribution >= 0.6 is 0 Å². The fourth-order valence-electron chi connectivity index (χ4n) is 4.34. The number of benzene rings is 1. The summed E-state index contributed by atoms with van der Waals surface area (Å²) in [5, 5.41) is 15.3. The summed E-state index contributed by atoms with van der Waals surface area (Å²) in [5.74, 6) is 0.582. The summed E-state index contributed by atoms with van der Waals surface area (Å²) >= 11 is 0. The zero-order valence-electron chi connectivity index (χ0n) is 16.6. The van der Waals surface area contributed by atoms with Crippen LogP contribution in [0.2, 0.25) is 0 Å². The third-order valence-corrected chi connectivity index (χ3v) is 6.03. The molecule has 0 saturated carbocycles. The minimum Gasteiger partial charge on any atom is -0.355 e. The van der Waals surface area contributed by atoms with Gasteiger partial charge in [-0.05, 0) is 36.1 Å². The lowest BCUT2D eigenvalue weighted by Gasteiger charge is -2.39. The number of piperidine rings is 1. The number of carbonyl (C=O) groups excluding carboxylic acids is 1. The van der Waals surface area contributed by atoms with Crippen LogP contribution < -0.4 is 10.2 Å². The summed E-state index contributed by atoms with van der Waals surface area (Å²) in [6.45, 7) is 2.84. The van der Waals surface area contributed by atoms with Crippen molar-refractivity contribution in [2.75, 3.05) is 24.5 Å². The largest absolute Gasteiger partial charge is 0.355 e. The summed E-state index contributed by atoms with van der Waals surface area (Å²) in [4.78, 5) is 18.4. The number of carbonyl (C=O) groups is 1. The fourth-order valence-corrected chi connectivity index (χ4v) is 4.34. The standard InChI is InChI=1S/C22H23N7O/c30-21(24-11-14-29-16-23-15-25-29)19-5-6-20(27-26-19)28-12-9-22(10-13-28)8-7-17-3-1-2-4-18(17)22/h1-8,15-16H,9-14H2,(H,24,30). The third kappa shape index (κ3) is 3.45. The topological polar surface area (TPSA) is 88.8 Å². The van der Waals surface area contributed by atoms with Gasteiger partial charge in [0, 0.05) is 25.0 Å². The molecule has 30 heavy (non-hydrogen) atoms. The van der Waals surface area contributed by atoms with Gasteiger partial charge in [-0.3, -0.25) is 9.48 Å². The van der Waals surface area contributed by atoms with Gasteiger partial charge >= 0.3 is 0 Å². The smallest absolute Gasteiger partial charge is 0.271 e. The van der Waals surface area contributed by atoms with E-state index in [1.54, 1.807) is 17.1 Å². The second-order valence-electron chi connectivity index (χ2n) is 7.75. The van der Waals surface area contributed by atoms with Crippen LogP contribution in [0.15, 0.2) is 55.1 Å². The van der Waals surface area contributed by atoms with Crippen LogP contribution in [-0.2, 0) is 12.0 Å². The molecule has 1 N–H and O–H groups in total. The van der Waals surface area contributed by atoms with Crippen molar-refractivity contribution < 1.29 is 4.79 Å². The van der Waals surface area contributed by atoms with Crippen molar-refractivity contribution in [1.82, 2.24) is 30.3 Å². The number of anilines is 1. The Morgan fingerprint density at radius 2 is 1.97 bits per heavy atom. The molecule has 5 rings (SSSR count). The van der Waals surface area contributed by atoms with E-state index in [-0.39, 0.29) is 11.3 Å². The summed E-state index contributed by atoms with van der Waals surface area (Å²) in [6.07, 6.45) is 9.80. The molecule has 1 saturated heterocycles. The van der Waals surface area contributed by atoms with E-state index in [2.05, 4.69) is 66.9 Å². The number of aromatic nitrogens is 5. The van der Waals surface area contributed by atoms with Crippen LogP contribution in [0.3, 0.4) is 0 Å². The lowest BCUT2D eigenvalue weighted by molar-refractivity contribution is 0.0946. The minimum atomic E-state index is -0.237. The quantitative estimate of drug-likeness (QED) is 0.704. The van der Waals surface area contributed by atoms with Gasteiger partial charge in [-0.15, -0.1) is 10.2 Å². The molecule has 1 spiro atoms. The van der Waals surface area contributed by atoms with E-state index in [9.17, 15) is 4.79 Å². The minimum absolute atomic E-state index is 0.143. The van der Waals surface area contributed by atoms with E-state index in [0.717, 1.165) is 31.7 Å². The predicted octanol–water partition coefficient (Wildman–Crippen LogP) is 2.06. The molecule has 152 valence electrons. The molecule has 0 unspecified atom stereocenters. The number of amides is 1. The fraction of sp³-hybridized carbons (Fsp3) is 0.318. The molecule has 1 amide bonds. The lowest BCUT2D eigenvalue weighted by atomic mass is 9.74. The van der Waals surface area contributed by atoms with E-state index in [1.165, 1.54) is 17.5 Å². The Morgan fingerprint density at radius 3 is 2.73 bits per heavy atom. The van der Waals surface area contributed by atoms with Crippen LogP contribution in [-0.4, -0.2) is 50.5 Å². The average Bonchev–Trinajstić information content (AvgIpc) is 3.44. The van der Waals surface area contributed by atoms with Crippen molar-refractivity contribution in [3.63, 3.8) is 0 Å². The number of fused-ring (bicyclic) bond motifs is 2. The Hall–Kier alpha value is -3.55. The number of nitrogens with one attached hydrogen (secondary N) is 1. The van der Waals surface area contributed by atoms with Gasteiger partial charge in [0.05, 0.1) is 6.54 Å². The molecular weight excluding hydrogens is 378 g/mol. The first-order chi connectivity index (χ1) is 14.7. The van der Waals surface area contributed by atoms with Crippen molar-refractivity contribution in [1.29, 1.82) is 0 Å². The molecule has 8 nitrogen and oxygen atoms in total. The van der Waals surface area contributed by atoms with Crippen molar-refractivity contribution in [2.24, 2.45) is 0 Å². The Kier molecular flexibility index (Phi) is 4.74. The van der Waals surface area contributed by atoms with E-state index in [4.69, 9.17) is 0 Å². The molecule has 3 heterocycles. The van der Waals surface area contributed by atoms with Gasteiger partial charge < -0.3 is 10.2 Å². The number of allylic oxidation sites excluding steroid dienone is 1. The summed E-state index contributed by atoms with van der Waals surface area (Å²) in [6, 6.07) is 12.3. The Labute approximate surface area is 174 Å². The van der Waals surface area contributed by atoms with E-state index < -0.39 is 0 Å². The van der Waals surface area contributed by atoms with Gasteiger partial charge in [-0.25, -0.2) is 4.98 Å². The molecule has 1 aliphatic heterocycles. The molecule has 1 aromatic carbocycles. The van der Waals surface area contributed by atoms with Crippen molar-refractivity contribution in [3.8, 4) is 0 Å². The van der Waals surface area contributed by atoms with Crippen molar-refractivity contribution in [2.45, 2.75) is 24.8 Å². The zero-order valence-corrected chi connectivity index (χ0v) is 16.6. The maximum Gasteiger partial charge on any atom is 0.271 e. The Morgan fingerprint density at radius 1 is 1.10 bits per heavy atom. The van der Waals surface area contributed by atoms with E-state index >= 15 is 0 Å². The maximum absolute atomic E-state index is 12.3. The summed E-state index contributed by atoms with van der Waals surface area (Å²) in [7, 11) is 0. The molecule has 3 aromatic rings. The van der Waals surface area contributed by atoms with Crippen LogP contribution in [0.4, 0.5) is 5.82 Å². The van der Waals surface area contributed by atoms with Crippen molar-refractivity contribution in [3.05, 3.63) is 71.9 Å². The van der Waals surface area contributed by atoms with Gasteiger partial charge in [-0.1, -0.05) is 36.4 Å². The first-order valence-electron chi connectivity index (χ1n) is 10.2. The number of nitrogens with zero attached hydrogens (tertiary/aromatic N) is 6. The molecule has 2 aromatic heterocycles. The molecule has 0 bridgehead atoms. The molecule has 2 aliphatic rings. The number of hydrogen-bond acceptors (Lipinski definition) is 6. The van der Waals surface area contributed by atoms with Crippen LogP contribution in [0.1, 0.15) is 34.5 Å². The van der Waals surface area contributed by atoms with Crippen molar-refractivity contribution >= 4 is 17.8 Å². The molecule has 8 heteroatoms. The van der Waals surface area contributed by atoms with Crippen LogP contribution in [0.25, 0.3) is 6.08 Å². The summed E-state index contributed by atoms with van der Waals surface area (Å²) < 4.78 is 1.66. The Bertz CT molecular complexity index is 1050. The van der Waals surface area contributed by atoms with E-state index in [0.29, 0.717) is 18.8 Å². The van der Waals surface area contributed by atoms with Gasteiger partial charge in [-0.2, -0.15) is 5.10 Å². The molecule has 0 radical (unpaired) electrons. The second-order valence-corrected chi connectivity index (χ2v) is 7.75. The monoisotopic (exact) mass is 401 g/mol. The lowest BCUT2D eigenvalue weighted by Crippen LogP contribution is -2.41. The van der Waals surface area contributed by atoms with Crippen LogP contribution in [0.5, 0.6) is 0 Å². The average molecular weight is 401 g/mol.